The zero-order chi connectivity index (χ0) is 39.8. The van der Waals surface area contributed by atoms with Gasteiger partial charge in [0.15, 0.2) is 5.82 Å². The van der Waals surface area contributed by atoms with Crippen LogP contribution in [0.5, 0.6) is 0 Å². The van der Waals surface area contributed by atoms with Gasteiger partial charge in [-0.25, -0.2) is 18.2 Å². The molecule has 7 rings (SSSR count). The predicted octanol–water partition coefficient (Wildman–Crippen LogP) is 5.62. The lowest BCUT2D eigenvalue weighted by Gasteiger charge is -2.39. The molecule has 3 fully saturated rings. The Balaban J connectivity index is 0.965. The van der Waals surface area contributed by atoms with E-state index >= 15 is 8.78 Å². The molecule has 0 saturated carbocycles. The van der Waals surface area contributed by atoms with E-state index in [9.17, 15) is 22.4 Å². The highest BCUT2D eigenvalue weighted by molar-refractivity contribution is 7.90. The molecule has 16 heteroatoms. The number of H-pyrrole nitrogens is 1. The Morgan fingerprint density at radius 3 is 2.29 bits per heavy atom. The lowest BCUT2D eigenvalue weighted by molar-refractivity contribution is -0.156. The summed E-state index contributed by atoms with van der Waals surface area (Å²) in [4.78, 5) is 40.3. The number of benzene rings is 2. The Bertz CT molecular complexity index is 2180. The van der Waals surface area contributed by atoms with Crippen molar-refractivity contribution in [1.82, 2.24) is 24.1 Å². The zero-order valence-corrected chi connectivity index (χ0v) is 32.7. The number of aromatic nitrogens is 2. The summed E-state index contributed by atoms with van der Waals surface area (Å²) >= 11 is 0. The van der Waals surface area contributed by atoms with Crippen molar-refractivity contribution < 1.29 is 35.9 Å². The fraction of sp³-hybridized carbons (Fsp3) is 0.475. The molecule has 2 aromatic heterocycles. The summed E-state index contributed by atoms with van der Waals surface area (Å²) < 4.78 is 78.3. The molecule has 4 aromatic rings. The monoisotopic (exact) mass is 795 g/mol. The number of hydrogen-bond acceptors (Lipinski definition) is 9. The molecule has 0 spiro atoms. The van der Waals surface area contributed by atoms with E-state index in [-0.39, 0.29) is 31.0 Å². The van der Waals surface area contributed by atoms with Crippen molar-refractivity contribution in [2.24, 2.45) is 5.92 Å². The van der Waals surface area contributed by atoms with E-state index in [0.717, 1.165) is 86.3 Å². The third kappa shape index (κ3) is 9.03. The molecule has 0 unspecified atom stereocenters. The van der Waals surface area contributed by atoms with E-state index in [1.54, 1.807) is 12.3 Å². The van der Waals surface area contributed by atoms with Gasteiger partial charge in [-0.2, -0.15) is 12.7 Å². The Morgan fingerprint density at radius 1 is 0.929 bits per heavy atom. The molecule has 0 radical (unpaired) electrons. The van der Waals surface area contributed by atoms with Crippen LogP contribution in [0.3, 0.4) is 0 Å². The largest absolute Gasteiger partial charge is 0.459 e. The van der Waals surface area contributed by atoms with Crippen LogP contribution < -0.4 is 9.62 Å². The lowest BCUT2D eigenvalue weighted by atomic mass is 9.95. The number of fused-ring (bicyclic) bond motifs is 1. The Morgan fingerprint density at radius 2 is 1.62 bits per heavy atom. The summed E-state index contributed by atoms with van der Waals surface area (Å²) in [5, 5.41) is 0.346. The molecule has 2 N–H and O–H groups in total. The number of ether oxygens (including phenoxy) is 1. The molecule has 12 nitrogen and oxygen atoms in total. The minimum Gasteiger partial charge on any atom is -0.459 e. The number of hydrogen-bond donors (Lipinski definition) is 2. The van der Waals surface area contributed by atoms with Crippen LogP contribution >= 0.6 is 0 Å². The normalized spacial score (nSPS) is 19.5. The number of rotatable bonds is 11. The maximum Gasteiger partial charge on any atom is 0.320 e. The van der Waals surface area contributed by atoms with Crippen LogP contribution in [-0.4, -0.2) is 121 Å². The van der Waals surface area contributed by atoms with Gasteiger partial charge in [-0.1, -0.05) is 12.1 Å². The van der Waals surface area contributed by atoms with E-state index in [0.29, 0.717) is 29.1 Å². The summed E-state index contributed by atoms with van der Waals surface area (Å²) in [5.74, 6) is -3.09. The molecule has 1 atom stereocenters. The van der Waals surface area contributed by atoms with E-state index in [1.807, 2.05) is 37.6 Å². The molecule has 3 aliphatic heterocycles. The Labute approximate surface area is 325 Å². The van der Waals surface area contributed by atoms with E-state index in [2.05, 4.69) is 36.8 Å². The molecule has 3 saturated heterocycles. The maximum absolute atomic E-state index is 15.7. The second kappa shape index (κ2) is 16.2. The predicted molar refractivity (Wildman–Crippen MR) is 209 cm³/mol. The first-order valence-corrected chi connectivity index (χ1v) is 20.5. The third-order valence-electron chi connectivity index (χ3n) is 10.7. The molecule has 0 aliphatic carbocycles. The molecule has 5 heterocycles. The number of carbonyl (C=O) groups is 2. The number of anilines is 2. The fourth-order valence-electron chi connectivity index (χ4n) is 7.72. The highest BCUT2D eigenvalue weighted by Crippen LogP contribution is 2.32. The smallest absolute Gasteiger partial charge is 0.320 e. The molecule has 300 valence electrons. The number of ketones is 1. The van der Waals surface area contributed by atoms with Crippen LogP contribution in [0, 0.1) is 17.6 Å². The molecule has 56 heavy (non-hydrogen) atoms. The van der Waals surface area contributed by atoms with Gasteiger partial charge in [-0.15, -0.1) is 0 Å². The molecule has 3 aliphatic rings. The number of alkyl halides is 1. The average molecular weight is 796 g/mol. The minimum absolute atomic E-state index is 0.0118. The van der Waals surface area contributed by atoms with Gasteiger partial charge in [0.1, 0.15) is 23.2 Å². The van der Waals surface area contributed by atoms with E-state index < -0.39 is 50.7 Å². The van der Waals surface area contributed by atoms with Crippen LogP contribution in [0.2, 0.25) is 0 Å². The fourth-order valence-corrected chi connectivity index (χ4v) is 8.99. The number of pyridine rings is 1. The van der Waals surface area contributed by atoms with Gasteiger partial charge in [0.05, 0.1) is 17.8 Å². The number of halogens is 3. The average Bonchev–Trinajstić information content (AvgIpc) is 3.80. The van der Waals surface area contributed by atoms with Gasteiger partial charge in [0.2, 0.25) is 5.78 Å². The van der Waals surface area contributed by atoms with Crippen molar-refractivity contribution in [2.45, 2.75) is 51.8 Å². The van der Waals surface area contributed by atoms with Crippen molar-refractivity contribution in [3.8, 4) is 11.1 Å². The van der Waals surface area contributed by atoms with E-state index in [1.165, 1.54) is 6.20 Å². The summed E-state index contributed by atoms with van der Waals surface area (Å²) in [6.45, 7) is 12.1. The van der Waals surface area contributed by atoms with Crippen LogP contribution in [0.25, 0.3) is 22.2 Å². The second-order valence-electron chi connectivity index (χ2n) is 15.9. The first-order chi connectivity index (χ1) is 26.6. The van der Waals surface area contributed by atoms with Crippen LogP contribution in [0.15, 0.2) is 54.9 Å². The number of nitrogens with one attached hydrogen (secondary N) is 2. The van der Waals surface area contributed by atoms with Crippen LogP contribution in [-0.2, 0) is 19.7 Å². The summed E-state index contributed by atoms with van der Waals surface area (Å²) in [7, 11) is -4.34. The standard InChI is InChI=1S/C40H48F3N7O5S/c1-40(2,3)55-35(51)25-48-18-16-47(17-19-48)23-26-10-13-49(14-11-26)30-6-4-27(5-7-30)28-20-31-32(22-45-39(31)44-21-28)38(52)36-33(42)8-9-34(37(36)43)46-56(53,54)50-15-12-29(41)24-50/h4-9,20-22,26,29,46H,10-19,23-25H2,1-3H3,(H,44,45)/t29-/m1/s1. The molecule has 0 amide bonds. The summed E-state index contributed by atoms with van der Waals surface area (Å²) in [6.07, 6.45) is 3.81. The van der Waals surface area contributed by atoms with Crippen molar-refractivity contribution in [3.05, 3.63) is 77.6 Å². The van der Waals surface area contributed by atoms with E-state index in [4.69, 9.17) is 4.74 Å². The highest BCUT2D eigenvalue weighted by atomic mass is 32.2. The van der Waals surface area contributed by atoms with Crippen molar-refractivity contribution in [3.63, 3.8) is 0 Å². The van der Waals surface area contributed by atoms with Crippen LogP contribution in [0.4, 0.5) is 24.5 Å². The zero-order valence-electron chi connectivity index (χ0n) is 31.9. The van der Waals surface area contributed by atoms with Gasteiger partial charge >= 0.3 is 16.2 Å². The van der Waals surface area contributed by atoms with Gasteiger partial charge < -0.3 is 19.5 Å². The molecular formula is C40H48F3N7O5S. The molecule has 0 bridgehead atoms. The van der Waals surface area contributed by atoms with Gasteiger partial charge in [0, 0.05) is 93.5 Å². The quantitative estimate of drug-likeness (QED) is 0.147. The van der Waals surface area contributed by atoms with Gasteiger partial charge in [-0.3, -0.25) is 19.2 Å². The van der Waals surface area contributed by atoms with Crippen molar-refractivity contribution >= 4 is 44.4 Å². The summed E-state index contributed by atoms with van der Waals surface area (Å²) in [5.41, 5.74) is 0.930. The van der Waals surface area contributed by atoms with Crippen LogP contribution in [0.1, 0.15) is 56.0 Å². The van der Waals surface area contributed by atoms with Crippen molar-refractivity contribution in [2.75, 3.05) is 75.1 Å². The Hall–Kier alpha value is -4.51. The number of piperazine rings is 1. The first-order valence-electron chi connectivity index (χ1n) is 19.1. The molecular weight excluding hydrogens is 748 g/mol. The third-order valence-corrected chi connectivity index (χ3v) is 12.2. The topological polar surface area (TPSA) is 131 Å². The Kier molecular flexibility index (Phi) is 11.5. The lowest BCUT2D eigenvalue weighted by Crippen LogP contribution is -2.50. The first kappa shape index (κ1) is 39.7. The SMILES string of the molecule is CC(C)(C)OC(=O)CN1CCN(CC2CCN(c3ccc(-c4cnc5[nH]cc(C(=O)c6c(F)ccc(NS(=O)(=O)N7CC[C@@H](F)C7)c6F)c5c4)cc3)CC2)CC1. The minimum atomic E-state index is -4.34. The second-order valence-corrected chi connectivity index (χ2v) is 17.6. The molecule has 2 aromatic carbocycles. The van der Waals surface area contributed by atoms with Gasteiger partial charge in [0.25, 0.3) is 0 Å². The van der Waals surface area contributed by atoms with Crippen molar-refractivity contribution in [1.29, 1.82) is 0 Å². The summed E-state index contributed by atoms with van der Waals surface area (Å²) in [6, 6.07) is 11.5. The number of aromatic amines is 1. The van der Waals surface area contributed by atoms with Gasteiger partial charge in [-0.05, 0) is 81.8 Å². The number of carbonyl (C=O) groups excluding carboxylic acids is 2. The highest BCUT2D eigenvalue weighted by Gasteiger charge is 2.33. The maximum atomic E-state index is 15.7. The number of nitrogens with zero attached hydrogens (tertiary/aromatic N) is 5. The number of esters is 1. The number of piperidine rings is 1.